The molecule has 0 bridgehead atoms. The molecule has 0 amide bonds. The average Bonchev–Trinajstić information content (AvgIpc) is 2.89. The molecule has 0 radical (unpaired) electrons. The molecule has 2 heterocycles. The van der Waals surface area contributed by atoms with Gasteiger partial charge in [0.25, 0.3) is 0 Å². The summed E-state index contributed by atoms with van der Waals surface area (Å²) in [5.74, 6) is 0. The molecule has 0 saturated carbocycles. The predicted molar refractivity (Wildman–Crippen MR) is 79.2 cm³/mol. The Labute approximate surface area is 121 Å². The maximum absolute atomic E-state index is 5.70. The van der Waals surface area contributed by atoms with E-state index in [1.54, 1.807) is 11.3 Å². The molecule has 0 spiro atoms. The molecule has 1 aliphatic heterocycles. The summed E-state index contributed by atoms with van der Waals surface area (Å²) in [5.41, 5.74) is 1.10. The summed E-state index contributed by atoms with van der Waals surface area (Å²) in [6.45, 7) is 9.56. The molecule has 100 valence electrons. The maximum atomic E-state index is 5.70. The SMILES string of the molecule is C=C(Br)CN(Cc1nc(C)cs1)CC1CCCO1. The third-order valence-electron chi connectivity index (χ3n) is 2.91. The third-order valence-corrected chi connectivity index (χ3v) is 4.11. The van der Waals surface area contributed by atoms with E-state index in [4.69, 9.17) is 4.74 Å². The van der Waals surface area contributed by atoms with Gasteiger partial charge in [0.1, 0.15) is 5.01 Å². The first kappa shape index (κ1) is 14.2. The summed E-state index contributed by atoms with van der Waals surface area (Å²) in [7, 11) is 0. The first-order valence-electron chi connectivity index (χ1n) is 6.21. The lowest BCUT2D eigenvalue weighted by Crippen LogP contribution is -2.32. The van der Waals surface area contributed by atoms with Gasteiger partial charge < -0.3 is 4.74 Å². The lowest BCUT2D eigenvalue weighted by molar-refractivity contribution is 0.0744. The monoisotopic (exact) mass is 330 g/mol. The van der Waals surface area contributed by atoms with Gasteiger partial charge in [0.15, 0.2) is 0 Å². The largest absolute Gasteiger partial charge is 0.377 e. The Hall–Kier alpha value is -0.230. The van der Waals surface area contributed by atoms with Crippen LogP contribution in [0.2, 0.25) is 0 Å². The molecule has 1 aromatic heterocycles. The van der Waals surface area contributed by atoms with Gasteiger partial charge in [-0.05, 0) is 19.8 Å². The van der Waals surface area contributed by atoms with Gasteiger partial charge in [-0.2, -0.15) is 0 Å². The second kappa shape index (κ2) is 6.80. The maximum Gasteiger partial charge on any atom is 0.107 e. The predicted octanol–water partition coefficient (Wildman–Crippen LogP) is 3.34. The summed E-state index contributed by atoms with van der Waals surface area (Å²) in [4.78, 5) is 6.88. The molecule has 18 heavy (non-hydrogen) atoms. The highest BCUT2D eigenvalue weighted by molar-refractivity contribution is 9.11. The number of hydrogen-bond donors (Lipinski definition) is 0. The summed E-state index contributed by atoms with van der Waals surface area (Å²) in [6, 6.07) is 0. The average molecular weight is 331 g/mol. The van der Waals surface area contributed by atoms with Crippen molar-refractivity contribution in [2.24, 2.45) is 0 Å². The molecule has 1 fully saturated rings. The van der Waals surface area contributed by atoms with E-state index >= 15 is 0 Å². The molecule has 1 saturated heterocycles. The van der Waals surface area contributed by atoms with Crippen LogP contribution in [-0.2, 0) is 11.3 Å². The van der Waals surface area contributed by atoms with E-state index in [1.807, 2.05) is 6.92 Å². The molecule has 1 unspecified atom stereocenters. The molecule has 1 aromatic rings. The van der Waals surface area contributed by atoms with E-state index in [2.05, 4.69) is 37.8 Å². The number of hydrogen-bond acceptors (Lipinski definition) is 4. The van der Waals surface area contributed by atoms with Gasteiger partial charge in [0, 0.05) is 35.3 Å². The molecule has 0 N–H and O–H groups in total. The number of nitrogens with zero attached hydrogens (tertiary/aromatic N) is 2. The number of rotatable bonds is 6. The minimum Gasteiger partial charge on any atom is -0.377 e. The minimum atomic E-state index is 0.373. The van der Waals surface area contributed by atoms with E-state index in [9.17, 15) is 0 Å². The van der Waals surface area contributed by atoms with Crippen LogP contribution in [0.4, 0.5) is 0 Å². The molecular weight excluding hydrogens is 312 g/mol. The molecule has 0 aliphatic carbocycles. The number of halogens is 1. The Kier molecular flexibility index (Phi) is 5.36. The lowest BCUT2D eigenvalue weighted by atomic mass is 10.2. The number of thiazole rings is 1. The highest BCUT2D eigenvalue weighted by atomic mass is 79.9. The Morgan fingerprint density at radius 2 is 2.56 bits per heavy atom. The Bertz CT molecular complexity index is 401. The first-order valence-corrected chi connectivity index (χ1v) is 7.89. The Morgan fingerprint density at radius 1 is 1.72 bits per heavy atom. The van der Waals surface area contributed by atoms with Crippen molar-refractivity contribution < 1.29 is 4.74 Å². The van der Waals surface area contributed by atoms with Gasteiger partial charge in [0.05, 0.1) is 12.6 Å². The smallest absolute Gasteiger partial charge is 0.107 e. The van der Waals surface area contributed by atoms with Crippen molar-refractivity contribution in [3.8, 4) is 0 Å². The van der Waals surface area contributed by atoms with Gasteiger partial charge in [-0.25, -0.2) is 4.98 Å². The summed E-state index contributed by atoms with van der Waals surface area (Å²) in [6.07, 6.45) is 2.73. The highest BCUT2D eigenvalue weighted by Gasteiger charge is 2.20. The van der Waals surface area contributed by atoms with Crippen LogP contribution in [0.5, 0.6) is 0 Å². The standard InChI is InChI=1S/C13H19BrN2OS/c1-10(14)6-16(7-12-4-3-5-17-12)8-13-15-11(2)9-18-13/h9,12H,1,3-8H2,2H3. The number of aromatic nitrogens is 1. The van der Waals surface area contributed by atoms with Crippen molar-refractivity contribution >= 4 is 27.3 Å². The Morgan fingerprint density at radius 3 is 3.11 bits per heavy atom. The second-order valence-electron chi connectivity index (χ2n) is 4.70. The van der Waals surface area contributed by atoms with Crippen LogP contribution in [-0.4, -0.2) is 35.7 Å². The van der Waals surface area contributed by atoms with Crippen LogP contribution in [0.25, 0.3) is 0 Å². The minimum absolute atomic E-state index is 0.373. The first-order chi connectivity index (χ1) is 8.63. The van der Waals surface area contributed by atoms with Crippen molar-refractivity contribution in [2.75, 3.05) is 19.7 Å². The van der Waals surface area contributed by atoms with E-state index in [0.29, 0.717) is 6.10 Å². The van der Waals surface area contributed by atoms with Gasteiger partial charge >= 0.3 is 0 Å². The molecule has 2 rings (SSSR count). The van der Waals surface area contributed by atoms with Gasteiger partial charge in [-0.3, -0.25) is 4.90 Å². The summed E-state index contributed by atoms with van der Waals surface area (Å²) in [5, 5.41) is 3.27. The molecule has 1 atom stereocenters. The van der Waals surface area contributed by atoms with Crippen LogP contribution >= 0.6 is 27.3 Å². The van der Waals surface area contributed by atoms with Gasteiger partial charge in [-0.1, -0.05) is 22.5 Å². The Balaban J connectivity index is 1.93. The summed E-state index contributed by atoms with van der Waals surface area (Å²) < 4.78 is 6.71. The van der Waals surface area contributed by atoms with E-state index in [0.717, 1.165) is 36.4 Å². The van der Waals surface area contributed by atoms with Crippen molar-refractivity contribution in [3.63, 3.8) is 0 Å². The number of aryl methyl sites for hydroxylation is 1. The lowest BCUT2D eigenvalue weighted by Gasteiger charge is -2.23. The van der Waals surface area contributed by atoms with E-state index in [1.165, 1.54) is 17.8 Å². The zero-order valence-corrected chi connectivity index (χ0v) is 13.1. The van der Waals surface area contributed by atoms with Crippen LogP contribution in [0, 0.1) is 6.92 Å². The van der Waals surface area contributed by atoms with Gasteiger partial charge in [0.2, 0.25) is 0 Å². The van der Waals surface area contributed by atoms with Crippen molar-refractivity contribution in [1.29, 1.82) is 0 Å². The zero-order chi connectivity index (χ0) is 13.0. The fourth-order valence-electron chi connectivity index (χ4n) is 2.17. The van der Waals surface area contributed by atoms with Crippen LogP contribution in [0.3, 0.4) is 0 Å². The van der Waals surface area contributed by atoms with Crippen molar-refractivity contribution in [2.45, 2.75) is 32.4 Å². The topological polar surface area (TPSA) is 25.4 Å². The van der Waals surface area contributed by atoms with Crippen LogP contribution in [0.1, 0.15) is 23.5 Å². The van der Waals surface area contributed by atoms with E-state index in [-0.39, 0.29) is 0 Å². The third kappa shape index (κ3) is 4.46. The summed E-state index contributed by atoms with van der Waals surface area (Å²) >= 11 is 5.17. The van der Waals surface area contributed by atoms with Crippen LogP contribution < -0.4 is 0 Å². The van der Waals surface area contributed by atoms with Crippen molar-refractivity contribution in [1.82, 2.24) is 9.88 Å². The molecule has 0 aromatic carbocycles. The zero-order valence-electron chi connectivity index (χ0n) is 10.7. The van der Waals surface area contributed by atoms with Gasteiger partial charge in [-0.15, -0.1) is 11.3 Å². The van der Waals surface area contributed by atoms with Crippen LogP contribution in [0.15, 0.2) is 16.4 Å². The highest BCUT2D eigenvalue weighted by Crippen LogP contribution is 2.18. The quantitative estimate of drug-likeness (QED) is 0.799. The normalized spacial score (nSPS) is 19.6. The molecular formula is C13H19BrN2OS. The molecule has 1 aliphatic rings. The fraction of sp³-hybridized carbons (Fsp3) is 0.615. The molecule has 3 nitrogen and oxygen atoms in total. The number of ether oxygens (including phenoxy) is 1. The van der Waals surface area contributed by atoms with Crippen molar-refractivity contribution in [3.05, 3.63) is 27.1 Å². The van der Waals surface area contributed by atoms with E-state index < -0.39 is 0 Å². The second-order valence-corrected chi connectivity index (χ2v) is 6.77. The fourth-order valence-corrected chi connectivity index (χ4v) is 3.34. The molecule has 5 heteroatoms.